The summed E-state index contributed by atoms with van der Waals surface area (Å²) in [5.74, 6) is 0. The Labute approximate surface area is 77.2 Å². The molecule has 0 aromatic heterocycles. The van der Waals surface area contributed by atoms with Crippen molar-refractivity contribution in [3.63, 3.8) is 0 Å². The molecule has 0 aromatic rings. The van der Waals surface area contributed by atoms with E-state index < -0.39 is 0 Å². The van der Waals surface area contributed by atoms with Gasteiger partial charge in [0.15, 0.2) is 0 Å². The molecule has 10 heavy (non-hydrogen) atoms. The van der Waals surface area contributed by atoms with E-state index in [2.05, 4.69) is 6.08 Å². The predicted octanol–water partition coefficient (Wildman–Crippen LogP) is 3.19. The van der Waals surface area contributed by atoms with Gasteiger partial charge in [-0.2, -0.15) is 0 Å². The number of allylic oxidation sites excluding steroid dienone is 2. The van der Waals surface area contributed by atoms with Gasteiger partial charge in [-0.05, 0) is 0 Å². The molecule has 0 saturated carbocycles. The monoisotopic (exact) mass is 203 g/mol. The fourth-order valence-electron chi connectivity index (χ4n) is 1.13. The summed E-state index contributed by atoms with van der Waals surface area (Å²) in [6, 6.07) is 0. The number of hydrogen-bond acceptors (Lipinski definition) is 0. The maximum atomic E-state index is 4.81. The summed E-state index contributed by atoms with van der Waals surface area (Å²) >= 11 is 4.81. The zero-order valence-electron chi connectivity index (χ0n) is 6.04. The fraction of sp³-hybridized carbons (Fsp3) is 0.750. The molecule has 0 saturated heterocycles. The van der Waals surface area contributed by atoms with Crippen molar-refractivity contribution in [2.45, 2.75) is 38.5 Å². The third-order valence-corrected chi connectivity index (χ3v) is 2.16. The first kappa shape index (κ1) is 10.5. The van der Waals surface area contributed by atoms with E-state index in [4.69, 9.17) is 15.5 Å². The molecule has 0 aliphatic heterocycles. The van der Waals surface area contributed by atoms with Gasteiger partial charge in [0.2, 0.25) is 0 Å². The van der Waals surface area contributed by atoms with Crippen LogP contribution in [-0.4, -0.2) is 0 Å². The summed E-state index contributed by atoms with van der Waals surface area (Å²) < 4.78 is 1.23. The van der Waals surface area contributed by atoms with Crippen molar-refractivity contribution in [3.05, 3.63) is 10.6 Å². The van der Waals surface area contributed by atoms with Crippen LogP contribution in [0, 0.1) is 0 Å². The molecule has 1 aliphatic carbocycles. The Kier molecular flexibility index (Phi) is 6.57. The SMILES string of the molecule is Cl.[Ni][C]1=CCCCCCC1. The molecule has 0 spiro atoms. The van der Waals surface area contributed by atoms with Crippen LogP contribution in [-0.2, 0) is 15.5 Å². The molecule has 0 atom stereocenters. The molecule has 1 rings (SSSR count). The second-order valence-corrected chi connectivity index (χ2v) is 3.20. The van der Waals surface area contributed by atoms with Gasteiger partial charge in [0.1, 0.15) is 0 Å². The van der Waals surface area contributed by atoms with Gasteiger partial charge < -0.3 is 0 Å². The van der Waals surface area contributed by atoms with Crippen LogP contribution < -0.4 is 0 Å². The van der Waals surface area contributed by atoms with E-state index in [0.717, 1.165) is 0 Å². The Hall–Kier alpha value is 0.524. The summed E-state index contributed by atoms with van der Waals surface area (Å²) in [5, 5.41) is 0. The Bertz CT molecular complexity index is 110. The molecule has 0 heterocycles. The molecule has 0 bridgehead atoms. The Morgan fingerprint density at radius 2 is 1.80 bits per heavy atom. The molecule has 1 aliphatic rings. The van der Waals surface area contributed by atoms with Crippen molar-refractivity contribution in [1.29, 1.82) is 0 Å². The zero-order chi connectivity index (χ0) is 6.53. The van der Waals surface area contributed by atoms with Gasteiger partial charge in [0, 0.05) is 0 Å². The van der Waals surface area contributed by atoms with E-state index in [1.54, 1.807) is 0 Å². The van der Waals surface area contributed by atoms with Crippen molar-refractivity contribution < 1.29 is 15.5 Å². The molecule has 0 aromatic carbocycles. The number of halogens is 1. The van der Waals surface area contributed by atoms with E-state index >= 15 is 0 Å². The van der Waals surface area contributed by atoms with Crippen molar-refractivity contribution in [1.82, 2.24) is 0 Å². The summed E-state index contributed by atoms with van der Waals surface area (Å²) in [4.78, 5) is 0. The minimum absolute atomic E-state index is 0. The summed E-state index contributed by atoms with van der Waals surface area (Å²) in [7, 11) is 0. The van der Waals surface area contributed by atoms with Gasteiger partial charge in [-0.25, -0.2) is 0 Å². The standard InChI is InChI=1S/C8H13.ClH.Ni/c1-2-4-6-8-7-5-3-1;;/h1H,2,4-8H2;1H;. The maximum absolute atomic E-state index is 4.81. The van der Waals surface area contributed by atoms with Crippen molar-refractivity contribution >= 4 is 12.4 Å². The number of hydrogen-bond donors (Lipinski definition) is 0. The topological polar surface area (TPSA) is 0 Å². The fourth-order valence-corrected chi connectivity index (χ4v) is 1.45. The van der Waals surface area contributed by atoms with Crippen LogP contribution >= 0.6 is 12.4 Å². The minimum atomic E-state index is 0. The van der Waals surface area contributed by atoms with Gasteiger partial charge in [-0.15, -0.1) is 12.4 Å². The van der Waals surface area contributed by atoms with Gasteiger partial charge in [0.05, 0.1) is 0 Å². The van der Waals surface area contributed by atoms with E-state index in [0.29, 0.717) is 0 Å². The zero-order valence-corrected chi connectivity index (χ0v) is 7.85. The average Bonchev–Trinajstić information content (AvgIpc) is 1.79. The van der Waals surface area contributed by atoms with E-state index in [9.17, 15) is 0 Å². The van der Waals surface area contributed by atoms with Crippen LogP contribution in [0.2, 0.25) is 0 Å². The van der Waals surface area contributed by atoms with Crippen LogP contribution in [0.15, 0.2) is 10.6 Å². The van der Waals surface area contributed by atoms with Crippen molar-refractivity contribution in [2.24, 2.45) is 0 Å². The molecule has 2 heteroatoms. The third-order valence-electron chi connectivity index (χ3n) is 1.71. The van der Waals surface area contributed by atoms with Crippen molar-refractivity contribution in [2.75, 3.05) is 0 Å². The Morgan fingerprint density at radius 1 is 1.10 bits per heavy atom. The van der Waals surface area contributed by atoms with Crippen LogP contribution in [0.3, 0.4) is 0 Å². The molecule has 63 valence electrons. The Balaban J connectivity index is 0.000000810. The third kappa shape index (κ3) is 4.36. The van der Waals surface area contributed by atoms with Crippen LogP contribution in [0.1, 0.15) is 38.5 Å². The molecule has 0 fully saturated rings. The molecule has 0 radical (unpaired) electrons. The molecule has 0 nitrogen and oxygen atoms in total. The second-order valence-electron chi connectivity index (χ2n) is 2.56. The van der Waals surface area contributed by atoms with Crippen LogP contribution in [0.25, 0.3) is 0 Å². The van der Waals surface area contributed by atoms with Crippen LogP contribution in [0.5, 0.6) is 0 Å². The Morgan fingerprint density at radius 3 is 2.60 bits per heavy atom. The molecule has 0 amide bonds. The van der Waals surface area contributed by atoms with E-state index in [-0.39, 0.29) is 12.4 Å². The first-order valence-electron chi connectivity index (χ1n) is 3.71. The predicted molar refractivity (Wildman–Crippen MR) is 43.0 cm³/mol. The van der Waals surface area contributed by atoms with E-state index in [1.165, 1.54) is 43.1 Å². The quantitative estimate of drug-likeness (QED) is 0.532. The summed E-state index contributed by atoms with van der Waals surface area (Å²) in [6.45, 7) is 0. The van der Waals surface area contributed by atoms with Gasteiger partial charge >= 0.3 is 64.6 Å². The molecule has 0 N–H and O–H groups in total. The average molecular weight is 204 g/mol. The van der Waals surface area contributed by atoms with Crippen LogP contribution in [0.4, 0.5) is 0 Å². The number of rotatable bonds is 0. The molecular weight excluding hydrogens is 190 g/mol. The van der Waals surface area contributed by atoms with Gasteiger partial charge in [-0.1, -0.05) is 0 Å². The van der Waals surface area contributed by atoms with Gasteiger partial charge in [-0.3, -0.25) is 0 Å². The molecular formula is C8H14ClNi. The normalized spacial score (nSPS) is 20.0. The summed E-state index contributed by atoms with van der Waals surface area (Å²) in [5.41, 5.74) is 0. The first-order valence-corrected chi connectivity index (χ1v) is 4.20. The first-order chi connectivity index (χ1) is 4.39. The van der Waals surface area contributed by atoms with Crippen molar-refractivity contribution in [3.8, 4) is 0 Å². The van der Waals surface area contributed by atoms with Gasteiger partial charge in [0.25, 0.3) is 0 Å². The second kappa shape index (κ2) is 6.25. The van der Waals surface area contributed by atoms with E-state index in [1.807, 2.05) is 0 Å². The summed E-state index contributed by atoms with van der Waals surface area (Å²) in [6.07, 6.45) is 10.1. The molecule has 0 unspecified atom stereocenters.